The minimum atomic E-state index is -0.396. The number of hydrogen-bond acceptors (Lipinski definition) is 6. The second kappa shape index (κ2) is 9.04. The Kier molecular flexibility index (Phi) is 6.04. The highest BCUT2D eigenvalue weighted by atomic mass is 32.1. The number of ether oxygens (including phenoxy) is 1. The molecule has 154 valence electrons. The van der Waals surface area contributed by atoms with Gasteiger partial charge < -0.3 is 15.0 Å². The van der Waals surface area contributed by atoms with Crippen LogP contribution in [0.5, 0.6) is 5.75 Å². The topological polar surface area (TPSA) is 84.4 Å². The Labute approximate surface area is 178 Å². The highest BCUT2D eigenvalue weighted by Gasteiger charge is 2.36. The lowest BCUT2D eigenvalue weighted by Crippen LogP contribution is -2.32. The number of nitrogens with zero attached hydrogens (tertiary/aromatic N) is 3. The molecule has 3 aromatic rings. The standard InChI is InChI=1S/C22H22N4O3S/c1-2-29-19-6-4-3-5-18(19)26-13-16(11-21(26)27)22(28)24-12-20-25-17(14-30-20)15-7-9-23-10-8-15/h3-10,14,16H,2,11-13H2,1H3,(H,24,28). The molecule has 0 saturated carbocycles. The molecule has 1 atom stereocenters. The van der Waals surface area contributed by atoms with E-state index >= 15 is 0 Å². The average Bonchev–Trinajstić information content (AvgIpc) is 3.40. The Morgan fingerprint density at radius 2 is 2.07 bits per heavy atom. The number of amides is 2. The molecule has 0 radical (unpaired) electrons. The van der Waals surface area contributed by atoms with Gasteiger partial charge in [0.1, 0.15) is 10.8 Å². The maximum atomic E-state index is 12.7. The lowest BCUT2D eigenvalue weighted by Gasteiger charge is -2.20. The van der Waals surface area contributed by atoms with E-state index in [4.69, 9.17) is 4.74 Å². The number of carbonyl (C=O) groups is 2. The van der Waals surface area contributed by atoms with Crippen molar-refractivity contribution >= 4 is 28.8 Å². The van der Waals surface area contributed by atoms with Gasteiger partial charge in [-0.1, -0.05) is 12.1 Å². The lowest BCUT2D eigenvalue weighted by molar-refractivity contribution is -0.126. The molecule has 0 aliphatic carbocycles. The summed E-state index contributed by atoms with van der Waals surface area (Å²) in [6.45, 7) is 3.10. The van der Waals surface area contributed by atoms with Gasteiger partial charge >= 0.3 is 0 Å². The highest BCUT2D eigenvalue weighted by molar-refractivity contribution is 7.09. The van der Waals surface area contributed by atoms with Gasteiger partial charge in [0.05, 0.1) is 30.5 Å². The maximum Gasteiger partial charge on any atom is 0.227 e. The quantitative estimate of drug-likeness (QED) is 0.632. The molecule has 1 aliphatic heterocycles. The average molecular weight is 423 g/mol. The van der Waals surface area contributed by atoms with Crippen LogP contribution in [0.1, 0.15) is 18.4 Å². The fraction of sp³-hybridized carbons (Fsp3) is 0.273. The summed E-state index contributed by atoms with van der Waals surface area (Å²) in [5, 5.41) is 5.70. The summed E-state index contributed by atoms with van der Waals surface area (Å²) in [5.74, 6) is 0.0459. The van der Waals surface area contributed by atoms with Gasteiger partial charge in [0.15, 0.2) is 0 Å². The number of hydrogen-bond donors (Lipinski definition) is 1. The zero-order valence-electron chi connectivity index (χ0n) is 16.6. The summed E-state index contributed by atoms with van der Waals surface area (Å²) in [7, 11) is 0. The summed E-state index contributed by atoms with van der Waals surface area (Å²) < 4.78 is 5.63. The van der Waals surface area contributed by atoms with Crippen LogP contribution in [0.3, 0.4) is 0 Å². The zero-order chi connectivity index (χ0) is 20.9. The third kappa shape index (κ3) is 4.33. The van der Waals surface area contributed by atoms with E-state index in [0.717, 1.165) is 16.3 Å². The molecule has 1 aromatic carbocycles. The Hall–Kier alpha value is -3.26. The van der Waals surface area contributed by atoms with E-state index in [1.807, 2.05) is 48.7 Å². The van der Waals surface area contributed by atoms with Crippen LogP contribution in [0, 0.1) is 5.92 Å². The summed E-state index contributed by atoms with van der Waals surface area (Å²) in [6, 6.07) is 11.2. The number of aromatic nitrogens is 2. The van der Waals surface area contributed by atoms with Crippen molar-refractivity contribution in [1.82, 2.24) is 15.3 Å². The first-order valence-electron chi connectivity index (χ1n) is 9.80. The molecule has 2 amide bonds. The van der Waals surface area contributed by atoms with Crippen LogP contribution < -0.4 is 15.0 Å². The number of pyridine rings is 1. The van der Waals surface area contributed by atoms with Gasteiger partial charge in [-0.05, 0) is 31.2 Å². The zero-order valence-corrected chi connectivity index (χ0v) is 17.4. The first-order chi connectivity index (χ1) is 14.7. The van der Waals surface area contributed by atoms with Crippen molar-refractivity contribution in [3.63, 3.8) is 0 Å². The van der Waals surface area contributed by atoms with Crippen molar-refractivity contribution < 1.29 is 14.3 Å². The molecule has 3 heterocycles. The molecule has 1 unspecified atom stereocenters. The monoisotopic (exact) mass is 422 g/mol. The van der Waals surface area contributed by atoms with Crippen molar-refractivity contribution in [3.8, 4) is 17.0 Å². The van der Waals surface area contributed by atoms with E-state index < -0.39 is 5.92 Å². The molecule has 1 aliphatic rings. The Balaban J connectivity index is 1.37. The Bertz CT molecular complexity index is 1040. The minimum Gasteiger partial charge on any atom is -0.492 e. The third-order valence-electron chi connectivity index (χ3n) is 4.89. The van der Waals surface area contributed by atoms with Crippen molar-refractivity contribution in [1.29, 1.82) is 0 Å². The molecule has 7 nitrogen and oxygen atoms in total. The number of para-hydroxylation sites is 2. The van der Waals surface area contributed by atoms with Crippen LogP contribution in [-0.2, 0) is 16.1 Å². The van der Waals surface area contributed by atoms with Gasteiger partial charge in [0.25, 0.3) is 0 Å². The van der Waals surface area contributed by atoms with Gasteiger partial charge in [-0.25, -0.2) is 4.98 Å². The summed E-state index contributed by atoms with van der Waals surface area (Å²) >= 11 is 1.49. The predicted octanol–water partition coefficient (Wildman–Crippen LogP) is 3.27. The van der Waals surface area contributed by atoms with Gasteiger partial charge in [-0.15, -0.1) is 11.3 Å². The van der Waals surface area contributed by atoms with Gasteiger partial charge in [-0.2, -0.15) is 0 Å². The van der Waals surface area contributed by atoms with E-state index in [-0.39, 0.29) is 18.2 Å². The molecule has 1 fully saturated rings. The largest absolute Gasteiger partial charge is 0.492 e. The number of anilines is 1. The normalized spacial score (nSPS) is 16.0. The number of thiazole rings is 1. The number of nitrogens with one attached hydrogen (secondary N) is 1. The lowest BCUT2D eigenvalue weighted by atomic mass is 10.1. The molecule has 1 N–H and O–H groups in total. The van der Waals surface area contributed by atoms with E-state index in [2.05, 4.69) is 15.3 Å². The Morgan fingerprint density at radius 1 is 1.27 bits per heavy atom. The fourth-order valence-electron chi connectivity index (χ4n) is 3.43. The van der Waals surface area contributed by atoms with E-state index in [1.165, 1.54) is 11.3 Å². The molecule has 0 spiro atoms. The van der Waals surface area contributed by atoms with Gasteiger partial charge in [0, 0.05) is 36.3 Å². The molecule has 8 heteroatoms. The second-order valence-corrected chi connectivity index (χ2v) is 7.83. The van der Waals surface area contributed by atoms with Crippen molar-refractivity contribution in [2.45, 2.75) is 19.9 Å². The summed E-state index contributed by atoms with van der Waals surface area (Å²) in [4.78, 5) is 35.5. The summed E-state index contributed by atoms with van der Waals surface area (Å²) in [5.41, 5.74) is 2.56. The maximum absolute atomic E-state index is 12.7. The summed E-state index contributed by atoms with van der Waals surface area (Å²) in [6.07, 6.45) is 3.64. The molecular formula is C22H22N4O3S. The molecule has 2 aromatic heterocycles. The number of carbonyl (C=O) groups excluding carboxylic acids is 2. The number of benzene rings is 1. The fourth-order valence-corrected chi connectivity index (χ4v) is 4.17. The predicted molar refractivity (Wildman–Crippen MR) is 115 cm³/mol. The van der Waals surface area contributed by atoms with Crippen molar-refractivity contribution in [3.05, 3.63) is 59.2 Å². The smallest absolute Gasteiger partial charge is 0.227 e. The van der Waals surface area contributed by atoms with Crippen LogP contribution in [0.2, 0.25) is 0 Å². The van der Waals surface area contributed by atoms with E-state index in [0.29, 0.717) is 31.1 Å². The van der Waals surface area contributed by atoms with Gasteiger partial charge in [0.2, 0.25) is 11.8 Å². The molecule has 4 rings (SSSR count). The van der Waals surface area contributed by atoms with Crippen LogP contribution >= 0.6 is 11.3 Å². The molecule has 1 saturated heterocycles. The van der Waals surface area contributed by atoms with E-state index in [9.17, 15) is 9.59 Å². The minimum absolute atomic E-state index is 0.0727. The van der Waals surface area contributed by atoms with Crippen molar-refractivity contribution in [2.24, 2.45) is 5.92 Å². The Morgan fingerprint density at radius 3 is 2.87 bits per heavy atom. The number of rotatable bonds is 7. The highest BCUT2D eigenvalue weighted by Crippen LogP contribution is 2.33. The molecule has 0 bridgehead atoms. The second-order valence-electron chi connectivity index (χ2n) is 6.89. The van der Waals surface area contributed by atoms with Crippen molar-refractivity contribution in [2.75, 3.05) is 18.1 Å². The van der Waals surface area contributed by atoms with Crippen LogP contribution in [-0.4, -0.2) is 34.9 Å². The van der Waals surface area contributed by atoms with E-state index in [1.54, 1.807) is 17.3 Å². The third-order valence-corrected chi connectivity index (χ3v) is 5.74. The first kappa shape index (κ1) is 20.0. The van der Waals surface area contributed by atoms with Crippen LogP contribution in [0.4, 0.5) is 5.69 Å². The molecule has 30 heavy (non-hydrogen) atoms. The van der Waals surface area contributed by atoms with Crippen LogP contribution in [0.15, 0.2) is 54.2 Å². The first-order valence-corrected chi connectivity index (χ1v) is 10.7. The van der Waals surface area contributed by atoms with Gasteiger partial charge in [-0.3, -0.25) is 14.6 Å². The molecular weight excluding hydrogens is 400 g/mol. The van der Waals surface area contributed by atoms with Crippen LogP contribution in [0.25, 0.3) is 11.3 Å². The SMILES string of the molecule is CCOc1ccccc1N1CC(C(=O)NCc2nc(-c3ccncc3)cs2)CC1=O.